The zero-order valence-corrected chi connectivity index (χ0v) is 10.8. The van der Waals surface area contributed by atoms with E-state index in [2.05, 4.69) is 52.2 Å². The molecule has 1 aromatic rings. The lowest BCUT2D eigenvalue weighted by atomic mass is 10.2. The minimum absolute atomic E-state index is 0.127. The van der Waals surface area contributed by atoms with Gasteiger partial charge in [0.25, 0.3) is 0 Å². The minimum atomic E-state index is -0.266. The molecule has 82 valence electrons. The number of rotatable bonds is 5. The molecule has 1 amide bonds. The third-order valence-corrected chi connectivity index (χ3v) is 2.79. The molecule has 0 spiro atoms. The molecule has 0 heterocycles. The number of carbonyl (C=O) groups is 1. The van der Waals surface area contributed by atoms with E-state index in [-0.39, 0.29) is 11.9 Å². The normalized spacial score (nSPS) is 12.4. The molecule has 1 rings (SSSR count). The second-order valence-electron chi connectivity index (χ2n) is 3.58. The average Bonchev–Trinajstić information content (AvgIpc) is 2.16. The predicted molar refractivity (Wildman–Crippen MR) is 69.3 cm³/mol. The van der Waals surface area contributed by atoms with Crippen LogP contribution in [-0.2, 0) is 11.3 Å². The molecule has 4 heteroatoms. The van der Waals surface area contributed by atoms with Crippen LogP contribution in [0, 0.1) is 3.57 Å². The van der Waals surface area contributed by atoms with Gasteiger partial charge in [-0.1, -0.05) is 12.1 Å². The molecular formula is C11H15IN2O. The Morgan fingerprint density at radius 1 is 1.47 bits per heavy atom. The van der Waals surface area contributed by atoms with Crippen LogP contribution >= 0.6 is 22.6 Å². The van der Waals surface area contributed by atoms with E-state index >= 15 is 0 Å². The monoisotopic (exact) mass is 318 g/mol. The van der Waals surface area contributed by atoms with Crippen LogP contribution in [0.15, 0.2) is 24.3 Å². The fourth-order valence-corrected chi connectivity index (χ4v) is 1.63. The highest BCUT2D eigenvalue weighted by molar-refractivity contribution is 14.1. The summed E-state index contributed by atoms with van der Waals surface area (Å²) in [6.45, 7) is 2.73. The standard InChI is InChI=1S/C11H15IN2O/c1-8(6-11(13)15)14-7-9-2-4-10(12)5-3-9/h2-5,8,14H,6-7H2,1H3,(H2,13,15). The molecule has 0 aromatic heterocycles. The molecule has 3 N–H and O–H groups in total. The first-order valence-electron chi connectivity index (χ1n) is 4.84. The number of hydrogen-bond acceptors (Lipinski definition) is 2. The van der Waals surface area contributed by atoms with E-state index in [9.17, 15) is 4.79 Å². The maximum atomic E-state index is 10.6. The van der Waals surface area contributed by atoms with Crippen molar-refractivity contribution in [2.75, 3.05) is 0 Å². The topological polar surface area (TPSA) is 55.1 Å². The van der Waals surface area contributed by atoms with Crippen LogP contribution in [0.2, 0.25) is 0 Å². The summed E-state index contributed by atoms with van der Waals surface area (Å²) in [5.41, 5.74) is 6.32. The van der Waals surface area contributed by atoms with Gasteiger partial charge in [-0.3, -0.25) is 4.79 Å². The molecule has 0 fully saturated rings. The predicted octanol–water partition coefficient (Wildman–Crippen LogP) is 1.64. The van der Waals surface area contributed by atoms with Crippen LogP contribution < -0.4 is 11.1 Å². The summed E-state index contributed by atoms with van der Waals surface area (Å²) >= 11 is 2.27. The fraction of sp³-hybridized carbons (Fsp3) is 0.364. The van der Waals surface area contributed by atoms with Gasteiger partial charge in [0.05, 0.1) is 0 Å². The molecule has 1 unspecified atom stereocenters. The first-order chi connectivity index (χ1) is 7.08. The highest BCUT2D eigenvalue weighted by atomic mass is 127. The Hall–Kier alpha value is -0.620. The van der Waals surface area contributed by atoms with Gasteiger partial charge in [0.1, 0.15) is 0 Å². The highest BCUT2D eigenvalue weighted by Crippen LogP contribution is 2.06. The molecule has 1 atom stereocenters. The first-order valence-corrected chi connectivity index (χ1v) is 5.92. The lowest BCUT2D eigenvalue weighted by Gasteiger charge is -2.11. The minimum Gasteiger partial charge on any atom is -0.370 e. The zero-order chi connectivity index (χ0) is 11.3. The number of halogens is 1. The van der Waals surface area contributed by atoms with Crippen molar-refractivity contribution in [1.82, 2.24) is 5.32 Å². The maximum Gasteiger partial charge on any atom is 0.218 e. The third-order valence-electron chi connectivity index (χ3n) is 2.08. The van der Waals surface area contributed by atoms with Gasteiger partial charge in [-0.05, 0) is 47.2 Å². The van der Waals surface area contributed by atoms with Gasteiger partial charge in [0.2, 0.25) is 5.91 Å². The van der Waals surface area contributed by atoms with Crippen LogP contribution in [0.3, 0.4) is 0 Å². The van der Waals surface area contributed by atoms with E-state index in [0.717, 1.165) is 6.54 Å². The van der Waals surface area contributed by atoms with Crippen LogP contribution in [0.4, 0.5) is 0 Å². The van der Waals surface area contributed by atoms with Gasteiger partial charge in [-0.25, -0.2) is 0 Å². The Balaban J connectivity index is 2.36. The molecule has 0 aliphatic carbocycles. The number of primary amides is 1. The van der Waals surface area contributed by atoms with Crippen molar-refractivity contribution in [3.63, 3.8) is 0 Å². The molecule has 0 bridgehead atoms. The van der Waals surface area contributed by atoms with Gasteiger partial charge >= 0.3 is 0 Å². The van der Waals surface area contributed by atoms with Crippen molar-refractivity contribution in [2.24, 2.45) is 5.73 Å². The highest BCUT2D eigenvalue weighted by Gasteiger charge is 2.04. The average molecular weight is 318 g/mol. The Labute approximate surface area is 104 Å². The van der Waals surface area contributed by atoms with Crippen molar-refractivity contribution in [3.05, 3.63) is 33.4 Å². The van der Waals surface area contributed by atoms with E-state index in [1.807, 2.05) is 6.92 Å². The summed E-state index contributed by atoms with van der Waals surface area (Å²) in [6.07, 6.45) is 0.379. The van der Waals surface area contributed by atoms with Gasteiger partial charge in [0, 0.05) is 22.6 Å². The number of nitrogens with two attached hydrogens (primary N) is 1. The molecule has 1 aromatic carbocycles. The van der Waals surface area contributed by atoms with Crippen molar-refractivity contribution >= 4 is 28.5 Å². The van der Waals surface area contributed by atoms with Gasteiger partial charge in [-0.15, -0.1) is 0 Å². The second-order valence-corrected chi connectivity index (χ2v) is 4.82. The molecule has 0 aliphatic heterocycles. The molecule has 0 saturated heterocycles. The van der Waals surface area contributed by atoms with E-state index in [4.69, 9.17) is 5.73 Å². The van der Waals surface area contributed by atoms with Crippen molar-refractivity contribution in [3.8, 4) is 0 Å². The van der Waals surface area contributed by atoms with Crippen molar-refractivity contribution in [2.45, 2.75) is 25.9 Å². The van der Waals surface area contributed by atoms with E-state index in [1.165, 1.54) is 9.13 Å². The lowest BCUT2D eigenvalue weighted by molar-refractivity contribution is -0.118. The summed E-state index contributed by atoms with van der Waals surface area (Å²) in [5.74, 6) is -0.266. The maximum absolute atomic E-state index is 10.6. The van der Waals surface area contributed by atoms with Crippen LogP contribution in [-0.4, -0.2) is 11.9 Å². The fourth-order valence-electron chi connectivity index (χ4n) is 1.27. The summed E-state index contributed by atoms with van der Waals surface area (Å²) in [4.78, 5) is 10.6. The molecule has 0 saturated carbocycles. The van der Waals surface area contributed by atoms with E-state index in [1.54, 1.807) is 0 Å². The first kappa shape index (κ1) is 12.4. The molecular weight excluding hydrogens is 303 g/mol. The smallest absolute Gasteiger partial charge is 0.218 e. The van der Waals surface area contributed by atoms with Crippen molar-refractivity contribution in [1.29, 1.82) is 0 Å². The third kappa shape index (κ3) is 5.13. The Bertz CT molecular complexity index is 324. The Morgan fingerprint density at radius 2 is 2.07 bits per heavy atom. The zero-order valence-electron chi connectivity index (χ0n) is 8.66. The Morgan fingerprint density at radius 3 is 2.60 bits per heavy atom. The number of carbonyl (C=O) groups excluding carboxylic acids is 1. The number of hydrogen-bond donors (Lipinski definition) is 2. The van der Waals surface area contributed by atoms with Gasteiger partial charge < -0.3 is 11.1 Å². The van der Waals surface area contributed by atoms with Gasteiger partial charge in [0.15, 0.2) is 0 Å². The van der Waals surface area contributed by atoms with Crippen LogP contribution in [0.25, 0.3) is 0 Å². The van der Waals surface area contributed by atoms with Crippen LogP contribution in [0.5, 0.6) is 0 Å². The SMILES string of the molecule is CC(CC(N)=O)NCc1ccc(I)cc1. The largest absolute Gasteiger partial charge is 0.370 e. The van der Waals surface area contributed by atoms with Crippen LogP contribution in [0.1, 0.15) is 18.9 Å². The molecule has 0 aliphatic rings. The number of benzene rings is 1. The summed E-state index contributed by atoms with van der Waals surface area (Å²) < 4.78 is 1.22. The Kier molecular flexibility index (Phi) is 5.04. The van der Waals surface area contributed by atoms with Gasteiger partial charge in [-0.2, -0.15) is 0 Å². The molecule has 0 radical (unpaired) electrons. The van der Waals surface area contributed by atoms with E-state index in [0.29, 0.717) is 6.42 Å². The second kappa shape index (κ2) is 6.07. The number of amides is 1. The summed E-state index contributed by atoms with van der Waals surface area (Å²) in [6, 6.07) is 8.41. The lowest BCUT2D eigenvalue weighted by Crippen LogP contribution is -2.30. The quantitative estimate of drug-likeness (QED) is 0.811. The number of nitrogens with one attached hydrogen (secondary N) is 1. The summed E-state index contributed by atoms with van der Waals surface area (Å²) in [5, 5.41) is 3.25. The van der Waals surface area contributed by atoms with Crippen molar-refractivity contribution < 1.29 is 4.79 Å². The molecule has 15 heavy (non-hydrogen) atoms. The summed E-state index contributed by atoms with van der Waals surface area (Å²) in [7, 11) is 0. The molecule has 3 nitrogen and oxygen atoms in total. The van der Waals surface area contributed by atoms with E-state index < -0.39 is 0 Å².